The first-order valence-corrected chi connectivity index (χ1v) is 9.00. The Balaban J connectivity index is 1.31. The highest BCUT2D eigenvalue weighted by Crippen LogP contribution is 2.47. The van der Waals surface area contributed by atoms with Crippen LogP contribution in [0.1, 0.15) is 32.6 Å². The molecule has 5 unspecified atom stereocenters. The fraction of sp³-hybridized carbons (Fsp3) is 0.941. The van der Waals surface area contributed by atoms with Crippen molar-refractivity contribution < 1.29 is 4.74 Å². The standard InChI is InChI=1S/C17H30N4O/c1-11(20(3)12-4-5-12)8-19-17(18-2)21-9-13-14(10-21)16-7-6-15(13)22-16/h11-16H,4-10H2,1-3H3,(H,18,19). The molecule has 3 saturated heterocycles. The van der Waals surface area contributed by atoms with Crippen LogP contribution in [0, 0.1) is 11.8 Å². The van der Waals surface area contributed by atoms with Crippen molar-refractivity contribution >= 4 is 5.96 Å². The average molecular weight is 306 g/mol. The van der Waals surface area contributed by atoms with Gasteiger partial charge in [-0.05, 0) is 39.7 Å². The molecule has 3 heterocycles. The highest BCUT2D eigenvalue weighted by atomic mass is 16.5. The summed E-state index contributed by atoms with van der Waals surface area (Å²) in [6.45, 7) is 5.54. The van der Waals surface area contributed by atoms with Crippen molar-refractivity contribution in [2.45, 2.75) is 56.9 Å². The van der Waals surface area contributed by atoms with Gasteiger partial charge in [-0.3, -0.25) is 9.89 Å². The normalized spacial score (nSPS) is 38.7. The van der Waals surface area contributed by atoms with E-state index < -0.39 is 0 Å². The Kier molecular flexibility index (Phi) is 3.81. The van der Waals surface area contributed by atoms with Crippen LogP contribution in [0.25, 0.3) is 0 Å². The summed E-state index contributed by atoms with van der Waals surface area (Å²) in [4.78, 5) is 9.50. The topological polar surface area (TPSA) is 40.1 Å². The fourth-order valence-corrected chi connectivity index (χ4v) is 4.69. The molecule has 5 nitrogen and oxygen atoms in total. The van der Waals surface area contributed by atoms with Crippen molar-refractivity contribution in [3.05, 3.63) is 0 Å². The summed E-state index contributed by atoms with van der Waals surface area (Å²) in [5.41, 5.74) is 0. The molecule has 4 aliphatic rings. The van der Waals surface area contributed by atoms with Gasteiger partial charge in [0.15, 0.2) is 5.96 Å². The van der Waals surface area contributed by atoms with Gasteiger partial charge in [-0.25, -0.2) is 0 Å². The number of guanidine groups is 1. The summed E-state index contributed by atoms with van der Waals surface area (Å²) in [5, 5.41) is 3.61. The van der Waals surface area contributed by atoms with E-state index in [0.29, 0.717) is 18.2 Å². The maximum absolute atomic E-state index is 6.07. The van der Waals surface area contributed by atoms with E-state index in [1.54, 1.807) is 0 Å². The number of nitrogens with one attached hydrogen (secondary N) is 1. The van der Waals surface area contributed by atoms with Crippen LogP contribution in [0.5, 0.6) is 0 Å². The van der Waals surface area contributed by atoms with Crippen LogP contribution >= 0.6 is 0 Å². The number of rotatable bonds is 4. The third-order valence-electron chi connectivity index (χ3n) is 6.34. The average Bonchev–Trinajstić information content (AvgIpc) is 2.97. The molecular formula is C17H30N4O. The van der Waals surface area contributed by atoms with Gasteiger partial charge >= 0.3 is 0 Å². The number of fused-ring (bicyclic) bond motifs is 5. The Bertz CT molecular complexity index is 432. The summed E-state index contributed by atoms with van der Waals surface area (Å²) in [7, 11) is 4.17. The van der Waals surface area contributed by atoms with Gasteiger partial charge in [0.2, 0.25) is 0 Å². The zero-order chi connectivity index (χ0) is 15.3. The molecule has 4 fully saturated rings. The van der Waals surface area contributed by atoms with Gasteiger partial charge in [-0.1, -0.05) is 0 Å². The van der Waals surface area contributed by atoms with Crippen molar-refractivity contribution in [2.75, 3.05) is 33.7 Å². The van der Waals surface area contributed by atoms with E-state index in [9.17, 15) is 0 Å². The van der Waals surface area contributed by atoms with Crippen molar-refractivity contribution in [2.24, 2.45) is 16.8 Å². The summed E-state index contributed by atoms with van der Waals surface area (Å²) in [6.07, 6.45) is 6.34. The first-order chi connectivity index (χ1) is 10.7. The van der Waals surface area contributed by atoms with Gasteiger partial charge in [0.05, 0.1) is 12.2 Å². The van der Waals surface area contributed by atoms with Crippen LogP contribution in [0.15, 0.2) is 4.99 Å². The minimum Gasteiger partial charge on any atom is -0.374 e. The maximum atomic E-state index is 6.07. The number of nitrogens with zero attached hydrogens (tertiary/aromatic N) is 3. The van der Waals surface area contributed by atoms with Crippen LogP contribution < -0.4 is 5.32 Å². The second-order valence-corrected chi connectivity index (χ2v) is 7.70. The van der Waals surface area contributed by atoms with E-state index >= 15 is 0 Å². The predicted molar refractivity (Wildman–Crippen MR) is 88.1 cm³/mol. The molecule has 3 aliphatic heterocycles. The van der Waals surface area contributed by atoms with Gasteiger partial charge in [-0.15, -0.1) is 0 Å². The molecule has 1 N–H and O–H groups in total. The van der Waals surface area contributed by atoms with E-state index in [4.69, 9.17) is 4.74 Å². The molecule has 0 aromatic rings. The summed E-state index contributed by atoms with van der Waals surface area (Å²) < 4.78 is 6.07. The molecule has 2 bridgehead atoms. The summed E-state index contributed by atoms with van der Waals surface area (Å²) in [5.74, 6) is 2.57. The molecule has 4 rings (SSSR count). The fourth-order valence-electron chi connectivity index (χ4n) is 4.69. The molecular weight excluding hydrogens is 276 g/mol. The highest BCUT2D eigenvalue weighted by molar-refractivity contribution is 5.80. The van der Waals surface area contributed by atoms with E-state index in [2.05, 4.69) is 34.1 Å². The van der Waals surface area contributed by atoms with Gasteiger partial charge in [-0.2, -0.15) is 0 Å². The third-order valence-corrected chi connectivity index (χ3v) is 6.34. The first-order valence-electron chi connectivity index (χ1n) is 9.00. The number of ether oxygens (including phenoxy) is 1. The Morgan fingerprint density at radius 3 is 2.41 bits per heavy atom. The maximum Gasteiger partial charge on any atom is 0.193 e. The molecule has 22 heavy (non-hydrogen) atoms. The van der Waals surface area contributed by atoms with E-state index in [0.717, 1.165) is 43.5 Å². The lowest BCUT2D eigenvalue weighted by molar-refractivity contribution is 0.0766. The lowest BCUT2D eigenvalue weighted by Gasteiger charge is -2.28. The van der Waals surface area contributed by atoms with E-state index in [1.165, 1.54) is 25.7 Å². The van der Waals surface area contributed by atoms with Gasteiger partial charge in [0.25, 0.3) is 0 Å². The van der Waals surface area contributed by atoms with Gasteiger partial charge < -0.3 is 15.0 Å². The Morgan fingerprint density at radius 2 is 1.86 bits per heavy atom. The van der Waals surface area contributed by atoms with Crippen molar-refractivity contribution in [1.29, 1.82) is 0 Å². The smallest absolute Gasteiger partial charge is 0.193 e. The third kappa shape index (κ3) is 2.52. The zero-order valence-electron chi connectivity index (χ0n) is 14.2. The Hall–Kier alpha value is -0.810. The second-order valence-electron chi connectivity index (χ2n) is 7.70. The minimum atomic E-state index is 0.526. The molecule has 0 amide bonds. The molecule has 124 valence electrons. The quantitative estimate of drug-likeness (QED) is 0.625. The number of likely N-dealkylation sites (tertiary alicyclic amines) is 1. The number of hydrogen-bond donors (Lipinski definition) is 1. The second kappa shape index (κ2) is 5.68. The van der Waals surface area contributed by atoms with Crippen LogP contribution in [0.4, 0.5) is 0 Å². The van der Waals surface area contributed by atoms with E-state index in [-0.39, 0.29) is 0 Å². The van der Waals surface area contributed by atoms with Crippen molar-refractivity contribution in [3.63, 3.8) is 0 Å². The minimum absolute atomic E-state index is 0.526. The van der Waals surface area contributed by atoms with Crippen LogP contribution in [-0.2, 0) is 4.74 Å². The number of likely N-dealkylation sites (N-methyl/N-ethyl adjacent to an activating group) is 1. The monoisotopic (exact) mass is 306 g/mol. The van der Waals surface area contributed by atoms with Crippen LogP contribution in [-0.4, -0.2) is 73.8 Å². The van der Waals surface area contributed by atoms with Gasteiger partial charge in [0.1, 0.15) is 0 Å². The zero-order valence-corrected chi connectivity index (χ0v) is 14.2. The summed E-state index contributed by atoms with van der Waals surface area (Å²) >= 11 is 0. The number of aliphatic imine (C=N–C) groups is 1. The molecule has 0 spiro atoms. The molecule has 1 saturated carbocycles. The van der Waals surface area contributed by atoms with Crippen molar-refractivity contribution in [3.8, 4) is 0 Å². The molecule has 0 aromatic carbocycles. The summed E-state index contributed by atoms with van der Waals surface area (Å²) in [6, 6.07) is 1.38. The van der Waals surface area contributed by atoms with E-state index in [1.807, 2.05) is 7.05 Å². The Morgan fingerprint density at radius 1 is 1.23 bits per heavy atom. The number of hydrogen-bond acceptors (Lipinski definition) is 3. The van der Waals surface area contributed by atoms with Gasteiger partial charge in [0, 0.05) is 50.6 Å². The lowest BCUT2D eigenvalue weighted by Crippen LogP contribution is -2.47. The SMILES string of the molecule is CN=C(NCC(C)N(C)C1CC1)N1CC2C3CCC(O3)C2C1. The largest absolute Gasteiger partial charge is 0.374 e. The van der Waals surface area contributed by atoms with Crippen molar-refractivity contribution in [1.82, 2.24) is 15.1 Å². The Labute approximate surface area is 134 Å². The van der Waals surface area contributed by atoms with Crippen LogP contribution in [0.3, 0.4) is 0 Å². The molecule has 0 radical (unpaired) electrons. The molecule has 5 heteroatoms. The lowest BCUT2D eigenvalue weighted by atomic mass is 9.82. The molecule has 5 atom stereocenters. The highest BCUT2D eigenvalue weighted by Gasteiger charge is 2.53. The molecule has 0 aromatic heterocycles. The van der Waals surface area contributed by atoms with Crippen LogP contribution in [0.2, 0.25) is 0 Å². The first kappa shape index (κ1) is 14.8. The predicted octanol–water partition coefficient (Wildman–Crippen LogP) is 1.15. The molecule has 1 aliphatic carbocycles.